The van der Waals surface area contributed by atoms with Crippen LogP contribution < -0.4 is 5.32 Å². The van der Waals surface area contributed by atoms with Crippen LogP contribution in [0.5, 0.6) is 0 Å². The smallest absolute Gasteiger partial charge is 0.242 e. The number of carbonyl (C=O) groups excluding carboxylic acids is 1. The molecule has 1 N–H and O–H groups in total. The number of nitrogens with one attached hydrogen (secondary N) is 1. The zero-order chi connectivity index (χ0) is 15.6. The van der Waals surface area contributed by atoms with E-state index in [0.717, 1.165) is 37.9 Å². The molecule has 4 rings (SSSR count). The Hall–Kier alpha value is -1.39. The Morgan fingerprint density at radius 2 is 1.83 bits per heavy atom. The van der Waals surface area contributed by atoms with Crippen LogP contribution in [0.3, 0.4) is 0 Å². The first-order chi connectivity index (χ1) is 11.3. The summed E-state index contributed by atoms with van der Waals surface area (Å²) in [7, 11) is 0. The summed E-state index contributed by atoms with van der Waals surface area (Å²) >= 11 is 0. The van der Waals surface area contributed by atoms with Gasteiger partial charge in [0.15, 0.2) is 0 Å². The van der Waals surface area contributed by atoms with Crippen molar-refractivity contribution in [1.29, 1.82) is 0 Å². The summed E-state index contributed by atoms with van der Waals surface area (Å²) in [6.45, 7) is 4.47. The molecule has 0 spiro atoms. The summed E-state index contributed by atoms with van der Waals surface area (Å²) in [6, 6.07) is 11.3. The van der Waals surface area contributed by atoms with Crippen LogP contribution in [-0.4, -0.2) is 54.0 Å². The normalized spacial score (nSPS) is 27.2. The second-order valence-electron chi connectivity index (χ2n) is 7.28. The SMILES string of the molecule is O=C(NC1CC1)[C@H](c1ccccc1)N1CCCN2CCC[C@H]2C1. The van der Waals surface area contributed by atoms with Gasteiger partial charge in [-0.25, -0.2) is 0 Å². The Kier molecular flexibility index (Phi) is 4.36. The maximum Gasteiger partial charge on any atom is 0.242 e. The monoisotopic (exact) mass is 313 g/mol. The number of hydrogen-bond donors (Lipinski definition) is 1. The molecule has 0 aromatic heterocycles. The number of fused-ring (bicyclic) bond motifs is 1. The molecule has 1 saturated carbocycles. The quantitative estimate of drug-likeness (QED) is 0.925. The highest BCUT2D eigenvalue weighted by Gasteiger charge is 2.36. The van der Waals surface area contributed by atoms with Gasteiger partial charge in [0.2, 0.25) is 5.91 Å². The Bertz CT molecular complexity index is 543. The van der Waals surface area contributed by atoms with E-state index >= 15 is 0 Å². The predicted octanol–water partition coefficient (Wildman–Crippen LogP) is 2.18. The first-order valence-corrected chi connectivity index (χ1v) is 9.15. The number of carbonyl (C=O) groups is 1. The largest absolute Gasteiger partial charge is 0.352 e. The zero-order valence-electron chi connectivity index (χ0n) is 13.8. The van der Waals surface area contributed by atoms with Crippen molar-refractivity contribution in [1.82, 2.24) is 15.1 Å². The van der Waals surface area contributed by atoms with Crippen molar-refractivity contribution < 1.29 is 4.79 Å². The van der Waals surface area contributed by atoms with Crippen LogP contribution >= 0.6 is 0 Å². The molecule has 4 nitrogen and oxygen atoms in total. The van der Waals surface area contributed by atoms with Gasteiger partial charge in [0.25, 0.3) is 0 Å². The molecule has 0 radical (unpaired) electrons. The van der Waals surface area contributed by atoms with Crippen LogP contribution in [0.4, 0.5) is 0 Å². The molecule has 124 valence electrons. The van der Waals surface area contributed by atoms with E-state index in [4.69, 9.17) is 0 Å². The van der Waals surface area contributed by atoms with E-state index in [9.17, 15) is 4.79 Å². The number of nitrogens with zero attached hydrogens (tertiary/aromatic N) is 2. The lowest BCUT2D eigenvalue weighted by Gasteiger charge is -2.32. The van der Waals surface area contributed by atoms with Crippen molar-refractivity contribution in [2.75, 3.05) is 26.2 Å². The van der Waals surface area contributed by atoms with Crippen LogP contribution in [0, 0.1) is 0 Å². The van der Waals surface area contributed by atoms with Crippen molar-refractivity contribution in [2.24, 2.45) is 0 Å². The van der Waals surface area contributed by atoms with Gasteiger partial charge in [-0.15, -0.1) is 0 Å². The molecule has 2 aliphatic heterocycles. The topological polar surface area (TPSA) is 35.6 Å². The van der Waals surface area contributed by atoms with E-state index in [1.807, 2.05) is 18.2 Å². The molecule has 0 bridgehead atoms. The van der Waals surface area contributed by atoms with E-state index in [1.54, 1.807) is 0 Å². The Morgan fingerprint density at radius 1 is 1.04 bits per heavy atom. The van der Waals surface area contributed by atoms with Gasteiger partial charge in [-0.05, 0) is 50.8 Å². The fourth-order valence-electron chi connectivity index (χ4n) is 4.14. The van der Waals surface area contributed by atoms with Crippen molar-refractivity contribution >= 4 is 5.91 Å². The first-order valence-electron chi connectivity index (χ1n) is 9.15. The molecule has 23 heavy (non-hydrogen) atoms. The fraction of sp³-hybridized carbons (Fsp3) is 0.632. The highest BCUT2D eigenvalue weighted by atomic mass is 16.2. The standard InChI is InChI=1S/C19H27N3O/c23-19(20-16-9-10-16)18(15-6-2-1-3-7-15)22-13-5-12-21-11-4-8-17(21)14-22/h1-3,6-7,16-18H,4-5,8-14H2,(H,20,23)/t17-,18-/m0/s1. The van der Waals surface area contributed by atoms with Crippen LogP contribution in [0.1, 0.15) is 43.7 Å². The van der Waals surface area contributed by atoms with Gasteiger partial charge < -0.3 is 5.32 Å². The Balaban J connectivity index is 1.57. The molecule has 2 saturated heterocycles. The lowest BCUT2D eigenvalue weighted by Crippen LogP contribution is -2.45. The van der Waals surface area contributed by atoms with Crippen LogP contribution in [-0.2, 0) is 4.79 Å². The molecule has 1 amide bonds. The summed E-state index contributed by atoms with van der Waals surface area (Å²) in [5.74, 6) is 0.199. The minimum atomic E-state index is -0.127. The van der Waals surface area contributed by atoms with Crippen molar-refractivity contribution in [3.63, 3.8) is 0 Å². The summed E-state index contributed by atoms with van der Waals surface area (Å²) in [4.78, 5) is 18.0. The predicted molar refractivity (Wildman–Crippen MR) is 91.1 cm³/mol. The van der Waals surface area contributed by atoms with E-state index in [1.165, 1.54) is 25.9 Å². The van der Waals surface area contributed by atoms with Crippen LogP contribution in [0.25, 0.3) is 0 Å². The Labute approximate surface area is 138 Å². The van der Waals surface area contributed by atoms with Gasteiger partial charge >= 0.3 is 0 Å². The van der Waals surface area contributed by atoms with Crippen LogP contribution in [0.2, 0.25) is 0 Å². The van der Waals surface area contributed by atoms with Crippen molar-refractivity contribution in [3.8, 4) is 0 Å². The third kappa shape index (κ3) is 3.43. The van der Waals surface area contributed by atoms with Crippen molar-refractivity contribution in [3.05, 3.63) is 35.9 Å². The highest BCUT2D eigenvalue weighted by molar-refractivity contribution is 5.83. The van der Waals surface area contributed by atoms with Crippen LogP contribution in [0.15, 0.2) is 30.3 Å². The lowest BCUT2D eigenvalue weighted by molar-refractivity contribution is -0.127. The molecule has 1 aliphatic carbocycles. The minimum Gasteiger partial charge on any atom is -0.352 e. The van der Waals surface area contributed by atoms with Gasteiger partial charge in [0.05, 0.1) is 0 Å². The molecule has 3 aliphatic rings. The number of benzene rings is 1. The van der Waals surface area contributed by atoms with E-state index in [-0.39, 0.29) is 11.9 Å². The fourth-order valence-corrected chi connectivity index (χ4v) is 4.14. The summed E-state index contributed by atoms with van der Waals surface area (Å²) in [5.41, 5.74) is 1.14. The molecule has 0 unspecified atom stereocenters. The molecule has 4 heteroatoms. The summed E-state index contributed by atoms with van der Waals surface area (Å²) < 4.78 is 0. The molecule has 1 aromatic carbocycles. The molecular formula is C19H27N3O. The van der Waals surface area contributed by atoms with E-state index in [2.05, 4.69) is 27.2 Å². The number of hydrogen-bond acceptors (Lipinski definition) is 3. The van der Waals surface area contributed by atoms with Crippen molar-refractivity contribution in [2.45, 2.75) is 50.2 Å². The van der Waals surface area contributed by atoms with Gasteiger partial charge in [-0.1, -0.05) is 30.3 Å². The van der Waals surface area contributed by atoms with Gasteiger partial charge in [0.1, 0.15) is 6.04 Å². The molecule has 1 aromatic rings. The van der Waals surface area contributed by atoms with E-state index in [0.29, 0.717) is 12.1 Å². The second-order valence-corrected chi connectivity index (χ2v) is 7.28. The highest BCUT2D eigenvalue weighted by Crippen LogP contribution is 2.29. The maximum atomic E-state index is 12.9. The summed E-state index contributed by atoms with van der Waals surface area (Å²) in [5, 5.41) is 3.24. The number of amides is 1. The first kappa shape index (κ1) is 15.2. The lowest BCUT2D eigenvalue weighted by atomic mass is 10.0. The average molecular weight is 313 g/mol. The third-order valence-electron chi connectivity index (χ3n) is 5.49. The molecule has 2 heterocycles. The third-order valence-corrected chi connectivity index (χ3v) is 5.49. The average Bonchev–Trinajstić information content (AvgIpc) is 3.31. The Morgan fingerprint density at radius 3 is 2.61 bits per heavy atom. The van der Waals surface area contributed by atoms with Gasteiger partial charge in [0, 0.05) is 25.2 Å². The minimum absolute atomic E-state index is 0.127. The molecule has 3 fully saturated rings. The number of rotatable bonds is 4. The molecular weight excluding hydrogens is 286 g/mol. The maximum absolute atomic E-state index is 12.9. The summed E-state index contributed by atoms with van der Waals surface area (Å²) in [6.07, 6.45) is 6.04. The van der Waals surface area contributed by atoms with Gasteiger partial charge in [-0.2, -0.15) is 0 Å². The molecule has 2 atom stereocenters. The second kappa shape index (κ2) is 6.62. The van der Waals surface area contributed by atoms with Gasteiger partial charge in [-0.3, -0.25) is 14.6 Å². The van der Waals surface area contributed by atoms with E-state index < -0.39 is 0 Å². The zero-order valence-corrected chi connectivity index (χ0v) is 13.8.